The van der Waals surface area contributed by atoms with Gasteiger partial charge in [-0.3, -0.25) is 4.90 Å². The molecule has 1 aliphatic rings. The van der Waals surface area contributed by atoms with Crippen molar-refractivity contribution >= 4 is 12.2 Å². The lowest BCUT2D eigenvalue weighted by molar-refractivity contribution is 0.00462. The minimum atomic E-state index is -0.541. The van der Waals surface area contributed by atoms with Crippen molar-refractivity contribution < 1.29 is 14.6 Å². The molecule has 114 valence electrons. The number of nitrogens with zero attached hydrogens (tertiary/aromatic N) is 1. The summed E-state index contributed by atoms with van der Waals surface area (Å²) >= 11 is 0. The Balaban J connectivity index is 2.25. The third-order valence-corrected chi connectivity index (χ3v) is 3.54. The number of ether oxygens (including phenoxy) is 1. The summed E-state index contributed by atoms with van der Waals surface area (Å²) in [7, 11) is 0. The third-order valence-electron chi connectivity index (χ3n) is 3.54. The summed E-state index contributed by atoms with van der Waals surface area (Å²) < 4.78 is 5.44. The van der Waals surface area contributed by atoms with Gasteiger partial charge in [0.15, 0.2) is 0 Å². The number of hydrogen-bond acceptors (Lipinski definition) is 3. The summed E-state index contributed by atoms with van der Waals surface area (Å²) in [5, 5.41) is 9.57. The van der Waals surface area contributed by atoms with E-state index in [1.165, 1.54) is 5.56 Å². The molecule has 1 unspecified atom stereocenters. The van der Waals surface area contributed by atoms with Crippen LogP contribution < -0.4 is 0 Å². The van der Waals surface area contributed by atoms with Gasteiger partial charge in [0.1, 0.15) is 5.60 Å². The number of benzene rings is 1. The monoisotopic (exact) mass is 289 g/mol. The van der Waals surface area contributed by atoms with E-state index in [-0.39, 0.29) is 18.7 Å². The first kappa shape index (κ1) is 15.6. The Hall–Kier alpha value is -1.81. The Labute approximate surface area is 126 Å². The molecule has 0 aromatic heterocycles. The van der Waals surface area contributed by atoms with Crippen LogP contribution in [-0.2, 0) is 17.7 Å². The maximum Gasteiger partial charge on any atom is 0.410 e. The van der Waals surface area contributed by atoms with Crippen molar-refractivity contribution in [2.75, 3.05) is 6.61 Å². The third kappa shape index (κ3) is 3.64. The largest absolute Gasteiger partial charge is 0.444 e. The lowest BCUT2D eigenvalue weighted by atomic mass is 9.93. The first-order valence-electron chi connectivity index (χ1n) is 7.19. The van der Waals surface area contributed by atoms with Crippen LogP contribution in [0.15, 0.2) is 24.8 Å². The number of aliphatic hydroxyl groups is 1. The van der Waals surface area contributed by atoms with Gasteiger partial charge in [-0.05, 0) is 49.9 Å². The van der Waals surface area contributed by atoms with Gasteiger partial charge >= 0.3 is 6.09 Å². The van der Waals surface area contributed by atoms with E-state index >= 15 is 0 Å². The molecule has 1 heterocycles. The normalized spacial score (nSPS) is 18.1. The number of carbonyl (C=O) groups is 1. The molecule has 0 fully saturated rings. The van der Waals surface area contributed by atoms with Crippen molar-refractivity contribution in [1.29, 1.82) is 0 Å². The van der Waals surface area contributed by atoms with E-state index < -0.39 is 5.60 Å². The summed E-state index contributed by atoms with van der Waals surface area (Å²) in [5.41, 5.74) is 2.74. The smallest absolute Gasteiger partial charge is 0.410 e. The quantitative estimate of drug-likeness (QED) is 0.910. The van der Waals surface area contributed by atoms with Gasteiger partial charge in [0.25, 0.3) is 0 Å². The van der Waals surface area contributed by atoms with E-state index in [9.17, 15) is 9.90 Å². The molecule has 0 aliphatic carbocycles. The molecule has 1 atom stereocenters. The van der Waals surface area contributed by atoms with Crippen molar-refractivity contribution in [3.05, 3.63) is 41.5 Å². The molecule has 21 heavy (non-hydrogen) atoms. The topological polar surface area (TPSA) is 49.8 Å². The average molecular weight is 289 g/mol. The minimum absolute atomic E-state index is 0.0676. The van der Waals surface area contributed by atoms with Crippen LogP contribution in [0.2, 0.25) is 0 Å². The Morgan fingerprint density at radius 1 is 1.48 bits per heavy atom. The number of amides is 1. The second-order valence-corrected chi connectivity index (χ2v) is 6.38. The molecule has 0 radical (unpaired) electrons. The minimum Gasteiger partial charge on any atom is -0.444 e. The highest BCUT2D eigenvalue weighted by atomic mass is 16.6. The van der Waals surface area contributed by atoms with Crippen LogP contribution in [0.5, 0.6) is 0 Å². The van der Waals surface area contributed by atoms with Gasteiger partial charge in [-0.1, -0.05) is 24.8 Å². The highest BCUT2D eigenvalue weighted by Crippen LogP contribution is 2.26. The van der Waals surface area contributed by atoms with Crippen molar-refractivity contribution in [2.24, 2.45) is 0 Å². The maximum absolute atomic E-state index is 12.3. The molecule has 1 N–H and O–H groups in total. The highest BCUT2D eigenvalue weighted by Gasteiger charge is 2.32. The van der Waals surface area contributed by atoms with Crippen LogP contribution in [0.3, 0.4) is 0 Å². The molecular formula is C17H23NO3. The van der Waals surface area contributed by atoms with Crippen molar-refractivity contribution in [3.63, 3.8) is 0 Å². The molecule has 1 aromatic carbocycles. The molecule has 4 nitrogen and oxygen atoms in total. The molecule has 0 bridgehead atoms. The first-order valence-corrected chi connectivity index (χ1v) is 7.19. The second kappa shape index (κ2) is 5.90. The molecule has 4 heteroatoms. The molecule has 0 saturated carbocycles. The predicted octanol–water partition coefficient (Wildman–Crippen LogP) is 2.98. The van der Waals surface area contributed by atoms with Crippen LogP contribution in [0, 0.1) is 0 Å². The number of carbonyl (C=O) groups excluding carboxylic acids is 1. The summed E-state index contributed by atoms with van der Waals surface area (Å²) in [6.45, 7) is 9.68. The van der Waals surface area contributed by atoms with Crippen LogP contribution in [0.4, 0.5) is 4.79 Å². The summed E-state index contributed by atoms with van der Waals surface area (Å²) in [5.74, 6) is 0. The number of rotatable bonds is 2. The molecule has 1 amide bonds. The van der Waals surface area contributed by atoms with Crippen molar-refractivity contribution in [1.82, 2.24) is 4.90 Å². The van der Waals surface area contributed by atoms with Gasteiger partial charge in [0.2, 0.25) is 0 Å². The Morgan fingerprint density at radius 3 is 2.76 bits per heavy atom. The van der Waals surface area contributed by atoms with E-state index in [0.717, 1.165) is 11.1 Å². The fourth-order valence-corrected chi connectivity index (χ4v) is 2.49. The van der Waals surface area contributed by atoms with E-state index in [4.69, 9.17) is 4.74 Å². The lowest BCUT2D eigenvalue weighted by Crippen LogP contribution is -2.48. The Kier molecular flexibility index (Phi) is 4.37. The number of aliphatic hydroxyl groups excluding tert-OH is 1. The van der Waals surface area contributed by atoms with E-state index in [0.29, 0.717) is 13.0 Å². The summed E-state index contributed by atoms with van der Waals surface area (Å²) in [6.07, 6.45) is 2.05. The zero-order valence-electron chi connectivity index (χ0n) is 12.9. The van der Waals surface area contributed by atoms with Gasteiger partial charge in [-0.15, -0.1) is 0 Å². The zero-order valence-corrected chi connectivity index (χ0v) is 12.9. The fraction of sp³-hybridized carbons (Fsp3) is 0.471. The van der Waals surface area contributed by atoms with Crippen LogP contribution in [0.1, 0.15) is 37.5 Å². The Morgan fingerprint density at radius 2 is 2.19 bits per heavy atom. The standard InChI is InChI=1S/C17H23NO3/c1-5-12-6-7-13-9-15(11-19)18(10-14(13)8-12)16(20)21-17(2,3)4/h5-8,15,19H,1,9-11H2,2-4H3. The van der Waals surface area contributed by atoms with E-state index in [1.807, 2.05) is 39.0 Å². The maximum atomic E-state index is 12.3. The van der Waals surface area contributed by atoms with Crippen molar-refractivity contribution in [2.45, 2.75) is 45.4 Å². The van der Waals surface area contributed by atoms with Crippen molar-refractivity contribution in [3.8, 4) is 0 Å². The second-order valence-electron chi connectivity index (χ2n) is 6.38. The number of fused-ring (bicyclic) bond motifs is 1. The first-order chi connectivity index (χ1) is 9.84. The molecule has 2 rings (SSSR count). The molecule has 1 aliphatic heterocycles. The Bertz CT molecular complexity index is 545. The van der Waals surface area contributed by atoms with E-state index in [1.54, 1.807) is 11.0 Å². The van der Waals surface area contributed by atoms with Gasteiger partial charge in [-0.25, -0.2) is 4.79 Å². The van der Waals surface area contributed by atoms with Gasteiger partial charge in [0, 0.05) is 6.54 Å². The van der Waals surface area contributed by atoms with Gasteiger partial charge in [0.05, 0.1) is 12.6 Å². The summed E-state index contributed by atoms with van der Waals surface area (Å²) in [6, 6.07) is 5.85. The molecule has 0 saturated heterocycles. The lowest BCUT2D eigenvalue weighted by Gasteiger charge is -2.37. The highest BCUT2D eigenvalue weighted by molar-refractivity contribution is 5.69. The predicted molar refractivity (Wildman–Crippen MR) is 82.9 cm³/mol. The average Bonchev–Trinajstić information content (AvgIpc) is 2.43. The van der Waals surface area contributed by atoms with Gasteiger partial charge in [-0.2, -0.15) is 0 Å². The fourth-order valence-electron chi connectivity index (χ4n) is 2.49. The zero-order chi connectivity index (χ0) is 15.6. The number of hydrogen-bond donors (Lipinski definition) is 1. The van der Waals surface area contributed by atoms with Crippen LogP contribution in [-0.4, -0.2) is 34.3 Å². The summed E-state index contributed by atoms with van der Waals surface area (Å²) in [4.78, 5) is 13.9. The van der Waals surface area contributed by atoms with E-state index in [2.05, 4.69) is 6.58 Å². The SMILES string of the molecule is C=Cc1ccc2c(c1)CN(C(=O)OC(C)(C)C)C(CO)C2. The van der Waals surface area contributed by atoms with Gasteiger partial charge < -0.3 is 9.84 Å². The molecular weight excluding hydrogens is 266 g/mol. The molecule has 0 spiro atoms. The van der Waals surface area contributed by atoms with Crippen LogP contribution in [0.25, 0.3) is 6.08 Å². The molecule has 1 aromatic rings. The van der Waals surface area contributed by atoms with Crippen LogP contribution >= 0.6 is 0 Å².